The van der Waals surface area contributed by atoms with E-state index < -0.39 is 0 Å². The Morgan fingerprint density at radius 3 is 2.94 bits per heavy atom. The molecule has 1 saturated carbocycles. The van der Waals surface area contributed by atoms with Crippen LogP contribution in [0.3, 0.4) is 0 Å². The van der Waals surface area contributed by atoms with Gasteiger partial charge in [0.2, 0.25) is 5.91 Å². The van der Waals surface area contributed by atoms with Crippen molar-refractivity contribution in [3.63, 3.8) is 0 Å². The lowest BCUT2D eigenvalue weighted by Gasteiger charge is -2.24. The fraction of sp³-hybridized carbons (Fsp3) is 0.929. The van der Waals surface area contributed by atoms with E-state index in [0.717, 1.165) is 12.8 Å². The Bertz CT molecular complexity index is 269. The van der Waals surface area contributed by atoms with Crippen molar-refractivity contribution in [1.29, 1.82) is 0 Å². The molecule has 1 aliphatic carbocycles. The van der Waals surface area contributed by atoms with Gasteiger partial charge < -0.3 is 15.7 Å². The van der Waals surface area contributed by atoms with Gasteiger partial charge in [0.05, 0.1) is 12.1 Å². The zero-order chi connectivity index (χ0) is 13.0. The van der Waals surface area contributed by atoms with E-state index in [2.05, 4.69) is 10.6 Å². The molecule has 0 spiro atoms. The minimum absolute atomic E-state index is 0.00290. The molecule has 1 aliphatic heterocycles. The van der Waals surface area contributed by atoms with Crippen molar-refractivity contribution < 1.29 is 9.90 Å². The molecule has 2 rings (SSSR count). The second-order valence-corrected chi connectivity index (χ2v) is 5.75. The molecular formula is C14H26N2O2. The summed E-state index contributed by atoms with van der Waals surface area (Å²) in [6.07, 6.45) is 7.23. The van der Waals surface area contributed by atoms with Gasteiger partial charge in [-0.2, -0.15) is 0 Å². The summed E-state index contributed by atoms with van der Waals surface area (Å²) in [6.45, 7) is 2.54. The molecule has 18 heavy (non-hydrogen) atoms. The van der Waals surface area contributed by atoms with Crippen molar-refractivity contribution in [3.8, 4) is 0 Å². The first-order valence-corrected chi connectivity index (χ1v) is 7.42. The van der Waals surface area contributed by atoms with Crippen LogP contribution >= 0.6 is 0 Å². The number of amides is 1. The summed E-state index contributed by atoms with van der Waals surface area (Å²) in [5.74, 6) is 0.823. The number of nitrogens with one attached hydrogen (secondary N) is 2. The fourth-order valence-electron chi connectivity index (χ4n) is 3.21. The SMILES string of the molecule is CCC(O)CCNC(=O)C1CC2CCCCC2N1. The number of aliphatic hydroxyl groups excluding tert-OH is 1. The van der Waals surface area contributed by atoms with Crippen LogP contribution in [0.2, 0.25) is 0 Å². The van der Waals surface area contributed by atoms with Crippen molar-refractivity contribution in [2.75, 3.05) is 6.54 Å². The number of hydrogen-bond acceptors (Lipinski definition) is 3. The van der Waals surface area contributed by atoms with E-state index >= 15 is 0 Å². The quantitative estimate of drug-likeness (QED) is 0.690. The molecule has 104 valence electrons. The maximum absolute atomic E-state index is 12.0. The van der Waals surface area contributed by atoms with E-state index in [1.165, 1.54) is 25.7 Å². The van der Waals surface area contributed by atoms with Crippen molar-refractivity contribution in [1.82, 2.24) is 10.6 Å². The summed E-state index contributed by atoms with van der Waals surface area (Å²) < 4.78 is 0. The van der Waals surface area contributed by atoms with Crippen LogP contribution in [0.1, 0.15) is 51.9 Å². The van der Waals surface area contributed by atoms with Crippen LogP contribution in [0.25, 0.3) is 0 Å². The van der Waals surface area contributed by atoms with Crippen molar-refractivity contribution in [3.05, 3.63) is 0 Å². The van der Waals surface area contributed by atoms with Gasteiger partial charge in [-0.25, -0.2) is 0 Å². The van der Waals surface area contributed by atoms with Gasteiger partial charge in [0.15, 0.2) is 0 Å². The molecule has 4 nitrogen and oxygen atoms in total. The second kappa shape index (κ2) is 6.53. The predicted octanol–water partition coefficient (Wildman–Crippen LogP) is 1.18. The predicted molar refractivity (Wildman–Crippen MR) is 71.2 cm³/mol. The highest BCUT2D eigenvalue weighted by molar-refractivity contribution is 5.82. The monoisotopic (exact) mass is 254 g/mol. The van der Waals surface area contributed by atoms with Gasteiger partial charge in [-0.3, -0.25) is 4.79 Å². The highest BCUT2D eigenvalue weighted by atomic mass is 16.3. The van der Waals surface area contributed by atoms with E-state index in [9.17, 15) is 9.90 Å². The van der Waals surface area contributed by atoms with Gasteiger partial charge in [0.25, 0.3) is 0 Å². The van der Waals surface area contributed by atoms with E-state index in [0.29, 0.717) is 24.9 Å². The van der Waals surface area contributed by atoms with Crippen molar-refractivity contribution in [2.24, 2.45) is 5.92 Å². The molecule has 0 bridgehead atoms. The Balaban J connectivity index is 1.70. The molecule has 4 unspecified atom stereocenters. The van der Waals surface area contributed by atoms with Crippen LogP contribution in [0.5, 0.6) is 0 Å². The number of rotatable bonds is 5. The Hall–Kier alpha value is -0.610. The lowest BCUT2D eigenvalue weighted by atomic mass is 9.85. The lowest BCUT2D eigenvalue weighted by molar-refractivity contribution is -0.122. The zero-order valence-corrected chi connectivity index (χ0v) is 11.3. The maximum Gasteiger partial charge on any atom is 0.237 e. The van der Waals surface area contributed by atoms with E-state index in [-0.39, 0.29) is 18.1 Å². The summed E-state index contributed by atoms with van der Waals surface area (Å²) in [7, 11) is 0. The Morgan fingerprint density at radius 2 is 2.22 bits per heavy atom. The lowest BCUT2D eigenvalue weighted by Crippen LogP contribution is -2.43. The summed E-state index contributed by atoms with van der Waals surface area (Å²) in [6, 6.07) is 0.563. The molecule has 0 aromatic carbocycles. The first-order valence-electron chi connectivity index (χ1n) is 7.42. The molecule has 1 heterocycles. The fourth-order valence-corrected chi connectivity index (χ4v) is 3.21. The average Bonchev–Trinajstić information content (AvgIpc) is 2.82. The number of carbonyl (C=O) groups is 1. The molecule has 3 N–H and O–H groups in total. The van der Waals surface area contributed by atoms with Gasteiger partial charge in [-0.15, -0.1) is 0 Å². The average molecular weight is 254 g/mol. The summed E-state index contributed by atoms with van der Waals surface area (Å²) in [4.78, 5) is 12.0. The molecule has 0 aromatic heterocycles. The van der Waals surface area contributed by atoms with E-state index in [4.69, 9.17) is 0 Å². The molecule has 0 aromatic rings. The normalized spacial score (nSPS) is 32.9. The molecule has 4 atom stereocenters. The third kappa shape index (κ3) is 3.45. The molecule has 1 saturated heterocycles. The smallest absolute Gasteiger partial charge is 0.237 e. The molecule has 1 amide bonds. The highest BCUT2D eigenvalue weighted by Gasteiger charge is 2.37. The molecule has 4 heteroatoms. The zero-order valence-electron chi connectivity index (χ0n) is 11.3. The standard InChI is InChI=1S/C14H26N2O2/c1-2-11(17)7-8-15-14(18)13-9-10-5-3-4-6-12(10)16-13/h10-13,16-17H,2-9H2,1H3,(H,15,18). The van der Waals surface area contributed by atoms with Gasteiger partial charge in [-0.1, -0.05) is 19.8 Å². The minimum Gasteiger partial charge on any atom is -0.393 e. The third-order valence-electron chi connectivity index (χ3n) is 4.43. The van der Waals surface area contributed by atoms with Crippen LogP contribution in [0.15, 0.2) is 0 Å². The topological polar surface area (TPSA) is 61.4 Å². The minimum atomic E-state index is -0.288. The number of hydrogen-bond donors (Lipinski definition) is 3. The molecule has 2 aliphatic rings. The summed E-state index contributed by atoms with van der Waals surface area (Å²) in [5, 5.41) is 15.8. The molecule has 0 radical (unpaired) electrons. The van der Waals surface area contributed by atoms with Crippen LogP contribution in [-0.2, 0) is 4.79 Å². The third-order valence-corrected chi connectivity index (χ3v) is 4.43. The Labute approximate surface area is 110 Å². The van der Waals surface area contributed by atoms with Crippen LogP contribution < -0.4 is 10.6 Å². The number of fused-ring (bicyclic) bond motifs is 1. The Morgan fingerprint density at radius 1 is 1.44 bits per heavy atom. The van der Waals surface area contributed by atoms with Gasteiger partial charge >= 0.3 is 0 Å². The highest BCUT2D eigenvalue weighted by Crippen LogP contribution is 2.33. The maximum atomic E-state index is 12.0. The largest absolute Gasteiger partial charge is 0.393 e. The number of aliphatic hydroxyl groups is 1. The van der Waals surface area contributed by atoms with Gasteiger partial charge in [0.1, 0.15) is 0 Å². The molecular weight excluding hydrogens is 228 g/mol. The van der Waals surface area contributed by atoms with Crippen LogP contribution in [0.4, 0.5) is 0 Å². The summed E-state index contributed by atoms with van der Waals surface area (Å²) in [5.41, 5.74) is 0. The van der Waals surface area contributed by atoms with Gasteiger partial charge in [-0.05, 0) is 38.0 Å². The first-order chi connectivity index (χ1) is 8.70. The van der Waals surface area contributed by atoms with Crippen molar-refractivity contribution >= 4 is 5.91 Å². The number of carbonyl (C=O) groups excluding carboxylic acids is 1. The van der Waals surface area contributed by atoms with Gasteiger partial charge in [0, 0.05) is 12.6 Å². The summed E-state index contributed by atoms with van der Waals surface area (Å²) >= 11 is 0. The van der Waals surface area contributed by atoms with E-state index in [1.807, 2.05) is 6.92 Å². The van der Waals surface area contributed by atoms with E-state index in [1.54, 1.807) is 0 Å². The van der Waals surface area contributed by atoms with Crippen molar-refractivity contribution in [2.45, 2.75) is 70.1 Å². The van der Waals surface area contributed by atoms with Crippen LogP contribution in [0, 0.1) is 5.92 Å². The molecule has 2 fully saturated rings. The Kier molecular flexibility index (Phi) is 5.01. The second-order valence-electron chi connectivity index (χ2n) is 5.75. The first kappa shape index (κ1) is 13.8. The van der Waals surface area contributed by atoms with Crippen LogP contribution in [-0.4, -0.2) is 35.7 Å².